The van der Waals surface area contributed by atoms with Gasteiger partial charge in [0.25, 0.3) is 11.7 Å². The molecule has 6 nitrogen and oxygen atoms in total. The molecule has 6 heteroatoms. The van der Waals surface area contributed by atoms with Crippen molar-refractivity contribution < 1.29 is 24.2 Å². The summed E-state index contributed by atoms with van der Waals surface area (Å²) < 4.78 is 11.3. The normalized spacial score (nSPS) is 22.0. The van der Waals surface area contributed by atoms with Crippen LogP contribution in [0.2, 0.25) is 0 Å². The zero-order valence-corrected chi connectivity index (χ0v) is 20.6. The Hall–Kier alpha value is -3.38. The van der Waals surface area contributed by atoms with Crippen LogP contribution in [0.25, 0.3) is 5.76 Å². The average Bonchev–Trinajstić information content (AvgIpc) is 3.44. The van der Waals surface area contributed by atoms with E-state index in [9.17, 15) is 14.7 Å². The van der Waals surface area contributed by atoms with Crippen molar-refractivity contribution in [3.63, 3.8) is 0 Å². The number of likely N-dealkylation sites (tertiary alicyclic amines) is 1. The van der Waals surface area contributed by atoms with Gasteiger partial charge in [0.2, 0.25) is 0 Å². The molecule has 0 spiro atoms. The largest absolute Gasteiger partial charge is 0.507 e. The van der Waals surface area contributed by atoms with Crippen LogP contribution in [0.15, 0.2) is 66.8 Å². The lowest BCUT2D eigenvalue weighted by atomic mass is 9.85. The number of hydrogen-bond acceptors (Lipinski definition) is 5. The second-order valence-electron chi connectivity index (χ2n) is 10.1. The molecule has 4 rings (SSSR count). The van der Waals surface area contributed by atoms with E-state index in [-0.39, 0.29) is 22.9 Å². The molecule has 2 heterocycles. The quantitative estimate of drug-likeness (QED) is 0.259. The molecule has 2 aliphatic rings. The first kappa shape index (κ1) is 24.7. The van der Waals surface area contributed by atoms with Crippen LogP contribution in [0.4, 0.5) is 0 Å². The lowest BCUT2D eigenvalue weighted by Crippen LogP contribution is -2.36. The van der Waals surface area contributed by atoms with Crippen LogP contribution >= 0.6 is 0 Å². The lowest BCUT2D eigenvalue weighted by molar-refractivity contribution is -0.140. The van der Waals surface area contributed by atoms with Crippen molar-refractivity contribution in [2.24, 2.45) is 0 Å². The zero-order chi connectivity index (χ0) is 25.2. The van der Waals surface area contributed by atoms with Crippen molar-refractivity contribution >= 4 is 17.4 Å². The van der Waals surface area contributed by atoms with Crippen LogP contribution in [-0.2, 0) is 19.7 Å². The maximum atomic E-state index is 13.2. The number of nitrogens with zero attached hydrogens (tertiary/aromatic N) is 1. The molecule has 2 saturated heterocycles. The number of Topliss-reactive ketones (excluding diaryl/α,β-unsaturated/α-hetero) is 1. The summed E-state index contributed by atoms with van der Waals surface area (Å²) in [5.74, 6) is -0.872. The van der Waals surface area contributed by atoms with E-state index < -0.39 is 17.7 Å². The Labute approximate surface area is 206 Å². The summed E-state index contributed by atoms with van der Waals surface area (Å²) in [7, 11) is 0. The van der Waals surface area contributed by atoms with Crippen molar-refractivity contribution in [2.45, 2.75) is 51.2 Å². The van der Waals surface area contributed by atoms with Gasteiger partial charge in [0, 0.05) is 18.7 Å². The number of hydrogen-bond donors (Lipinski definition) is 1. The summed E-state index contributed by atoms with van der Waals surface area (Å²) in [6, 6.07) is 14.0. The van der Waals surface area contributed by atoms with Gasteiger partial charge >= 0.3 is 0 Å². The van der Waals surface area contributed by atoms with Gasteiger partial charge in [0.15, 0.2) is 0 Å². The summed E-state index contributed by atoms with van der Waals surface area (Å²) in [5, 5.41) is 11.3. The Bertz CT molecular complexity index is 1120. The molecule has 0 saturated carbocycles. The highest BCUT2D eigenvalue weighted by atomic mass is 16.5. The third kappa shape index (κ3) is 5.17. The minimum absolute atomic E-state index is 0.0343. The van der Waals surface area contributed by atoms with Crippen LogP contribution in [0.3, 0.4) is 0 Å². The topological polar surface area (TPSA) is 76.1 Å². The van der Waals surface area contributed by atoms with E-state index in [0.717, 1.165) is 24.0 Å². The fourth-order valence-corrected chi connectivity index (χ4v) is 4.61. The molecule has 1 N–H and O–H groups in total. The van der Waals surface area contributed by atoms with E-state index in [1.165, 1.54) is 0 Å². The van der Waals surface area contributed by atoms with Crippen molar-refractivity contribution in [1.29, 1.82) is 0 Å². The monoisotopic (exact) mass is 475 g/mol. The van der Waals surface area contributed by atoms with E-state index in [2.05, 4.69) is 27.4 Å². The Morgan fingerprint density at radius 3 is 2.40 bits per heavy atom. The molecule has 0 aliphatic carbocycles. The zero-order valence-electron chi connectivity index (χ0n) is 20.6. The molecule has 0 aromatic heterocycles. The minimum atomic E-state index is -0.690. The number of aliphatic hydroxyl groups is 1. The fraction of sp³-hybridized carbons (Fsp3) is 0.379. The van der Waals surface area contributed by atoms with Crippen molar-refractivity contribution in [3.05, 3.63) is 83.4 Å². The van der Waals surface area contributed by atoms with E-state index in [1.54, 1.807) is 35.2 Å². The van der Waals surface area contributed by atoms with Gasteiger partial charge in [-0.25, -0.2) is 0 Å². The maximum Gasteiger partial charge on any atom is 0.295 e. The van der Waals surface area contributed by atoms with Gasteiger partial charge in [0.05, 0.1) is 17.7 Å². The summed E-state index contributed by atoms with van der Waals surface area (Å²) >= 11 is 0. The molecule has 2 unspecified atom stereocenters. The average molecular weight is 476 g/mol. The molecule has 0 radical (unpaired) electrons. The highest BCUT2D eigenvalue weighted by Crippen LogP contribution is 2.40. The van der Waals surface area contributed by atoms with Crippen LogP contribution in [0.5, 0.6) is 5.75 Å². The van der Waals surface area contributed by atoms with Gasteiger partial charge in [-0.15, -0.1) is 0 Å². The number of rotatable bonds is 7. The molecule has 2 aromatic carbocycles. The Morgan fingerprint density at radius 2 is 1.83 bits per heavy atom. The van der Waals surface area contributed by atoms with E-state index >= 15 is 0 Å². The standard InChI is InChI=1S/C29H33NO5/c1-5-16-34-22-14-10-20(11-15-22)26(31)24-25(19-8-12-21(13-9-19)29(2,3)4)30(28(33)27(24)32)18-23-7-6-17-35-23/h5,8-15,23,25,31H,1,6-7,16-18H2,2-4H3/b26-24-. The molecule has 2 aromatic rings. The van der Waals surface area contributed by atoms with Crippen molar-refractivity contribution in [3.8, 4) is 5.75 Å². The van der Waals surface area contributed by atoms with Crippen LogP contribution < -0.4 is 4.74 Å². The number of aliphatic hydroxyl groups excluding tert-OH is 1. The molecule has 184 valence electrons. The number of carbonyl (C=O) groups excluding carboxylic acids is 2. The molecular formula is C29H33NO5. The van der Waals surface area contributed by atoms with Gasteiger partial charge in [-0.05, 0) is 53.6 Å². The predicted molar refractivity (Wildman–Crippen MR) is 135 cm³/mol. The minimum Gasteiger partial charge on any atom is -0.507 e. The summed E-state index contributed by atoms with van der Waals surface area (Å²) in [5.41, 5.74) is 2.43. The van der Waals surface area contributed by atoms with Crippen molar-refractivity contribution in [2.75, 3.05) is 19.8 Å². The third-order valence-electron chi connectivity index (χ3n) is 6.55. The van der Waals surface area contributed by atoms with Crippen LogP contribution in [-0.4, -0.2) is 47.6 Å². The van der Waals surface area contributed by atoms with Gasteiger partial charge in [-0.2, -0.15) is 0 Å². The van der Waals surface area contributed by atoms with Crippen LogP contribution in [0.1, 0.15) is 56.3 Å². The molecular weight excluding hydrogens is 442 g/mol. The first-order valence-corrected chi connectivity index (χ1v) is 12.1. The van der Waals surface area contributed by atoms with E-state index in [4.69, 9.17) is 9.47 Å². The second-order valence-corrected chi connectivity index (χ2v) is 10.1. The van der Waals surface area contributed by atoms with E-state index in [1.807, 2.05) is 24.3 Å². The predicted octanol–water partition coefficient (Wildman–Crippen LogP) is 5.15. The summed E-state index contributed by atoms with van der Waals surface area (Å²) in [4.78, 5) is 28.0. The van der Waals surface area contributed by atoms with E-state index in [0.29, 0.717) is 31.1 Å². The highest BCUT2D eigenvalue weighted by Gasteiger charge is 2.47. The van der Waals surface area contributed by atoms with Gasteiger partial charge in [-0.1, -0.05) is 57.7 Å². The third-order valence-corrected chi connectivity index (χ3v) is 6.55. The Kier molecular flexibility index (Phi) is 7.13. The SMILES string of the molecule is C=CCOc1ccc(/C(O)=C2/C(=O)C(=O)N(CC3CCCO3)C2c2ccc(C(C)(C)C)cc2)cc1. The number of carbonyl (C=O) groups is 2. The fourth-order valence-electron chi connectivity index (χ4n) is 4.61. The molecule has 2 fully saturated rings. The smallest absolute Gasteiger partial charge is 0.295 e. The molecule has 35 heavy (non-hydrogen) atoms. The van der Waals surface area contributed by atoms with Gasteiger partial charge in [0.1, 0.15) is 18.1 Å². The number of amides is 1. The lowest BCUT2D eigenvalue weighted by Gasteiger charge is -2.28. The second kappa shape index (κ2) is 10.1. The van der Waals surface area contributed by atoms with Gasteiger partial charge < -0.3 is 19.5 Å². The molecule has 0 bridgehead atoms. The molecule has 1 amide bonds. The molecule has 2 atom stereocenters. The first-order valence-electron chi connectivity index (χ1n) is 12.1. The Balaban J connectivity index is 1.76. The molecule has 2 aliphatic heterocycles. The number of ether oxygens (including phenoxy) is 2. The van der Waals surface area contributed by atoms with Crippen molar-refractivity contribution in [1.82, 2.24) is 4.90 Å². The van der Waals surface area contributed by atoms with Gasteiger partial charge in [-0.3, -0.25) is 9.59 Å². The first-order chi connectivity index (χ1) is 16.7. The number of benzene rings is 2. The van der Waals surface area contributed by atoms with Crippen LogP contribution in [0, 0.1) is 0 Å². The summed E-state index contributed by atoms with van der Waals surface area (Å²) in [6.07, 6.45) is 3.30. The Morgan fingerprint density at radius 1 is 1.14 bits per heavy atom. The number of ketones is 1. The maximum absolute atomic E-state index is 13.2. The highest BCUT2D eigenvalue weighted by molar-refractivity contribution is 6.46. The summed E-state index contributed by atoms with van der Waals surface area (Å²) in [6.45, 7) is 11.4.